The van der Waals surface area contributed by atoms with Crippen molar-refractivity contribution in [2.24, 2.45) is 0 Å². The first-order valence-electron chi connectivity index (χ1n) is 10.7. The number of hydrogen-bond acceptors (Lipinski definition) is 5. The molecule has 168 valence electrons. The third kappa shape index (κ3) is 5.20. The molecular formula is C26H26N4O3. The van der Waals surface area contributed by atoms with Crippen LogP contribution in [0.15, 0.2) is 78.9 Å². The molecule has 7 heteroatoms. The Morgan fingerprint density at radius 1 is 0.909 bits per heavy atom. The highest BCUT2D eigenvalue weighted by atomic mass is 16.5. The molecule has 0 aliphatic carbocycles. The van der Waals surface area contributed by atoms with Gasteiger partial charge >= 0.3 is 0 Å². The van der Waals surface area contributed by atoms with Crippen molar-refractivity contribution in [2.75, 3.05) is 20.8 Å². The first-order chi connectivity index (χ1) is 16.2. The fourth-order valence-electron chi connectivity index (χ4n) is 3.66. The maximum absolute atomic E-state index is 12.7. The molecule has 4 aromatic rings. The lowest BCUT2D eigenvalue weighted by atomic mass is 10.1. The van der Waals surface area contributed by atoms with Crippen LogP contribution in [0.1, 0.15) is 11.3 Å². The summed E-state index contributed by atoms with van der Waals surface area (Å²) in [5.74, 6) is 1.25. The number of carbonyl (C=O) groups is 1. The van der Waals surface area contributed by atoms with Crippen LogP contribution >= 0.6 is 0 Å². The normalized spacial score (nSPS) is 10.6. The molecule has 1 heterocycles. The van der Waals surface area contributed by atoms with Crippen molar-refractivity contribution in [1.82, 2.24) is 20.3 Å². The van der Waals surface area contributed by atoms with Gasteiger partial charge in [-0.05, 0) is 36.2 Å². The Balaban J connectivity index is 1.47. The Labute approximate surface area is 193 Å². The van der Waals surface area contributed by atoms with E-state index < -0.39 is 0 Å². The topological polar surface area (TPSA) is 78.3 Å². The van der Waals surface area contributed by atoms with Crippen LogP contribution in [0.2, 0.25) is 0 Å². The molecule has 0 atom stereocenters. The largest absolute Gasteiger partial charge is 0.493 e. The number of aromatic nitrogens is 3. The quantitative estimate of drug-likeness (QED) is 0.426. The average Bonchev–Trinajstić information content (AvgIpc) is 3.28. The zero-order valence-electron chi connectivity index (χ0n) is 18.7. The Kier molecular flexibility index (Phi) is 6.99. The molecule has 0 bridgehead atoms. The van der Waals surface area contributed by atoms with E-state index in [-0.39, 0.29) is 12.3 Å². The van der Waals surface area contributed by atoms with Crippen molar-refractivity contribution in [3.63, 3.8) is 0 Å². The molecule has 0 aliphatic rings. The van der Waals surface area contributed by atoms with Crippen LogP contribution in [0, 0.1) is 0 Å². The minimum absolute atomic E-state index is 0.104. The summed E-state index contributed by atoms with van der Waals surface area (Å²) >= 11 is 0. The van der Waals surface area contributed by atoms with E-state index >= 15 is 0 Å². The number of ether oxygens (including phenoxy) is 2. The number of carbonyl (C=O) groups excluding carboxylic acids is 1. The highest BCUT2D eigenvalue weighted by molar-refractivity contribution is 5.80. The summed E-state index contributed by atoms with van der Waals surface area (Å²) in [5, 5.41) is 11.7. The lowest BCUT2D eigenvalue weighted by molar-refractivity contribution is -0.120. The second-order valence-corrected chi connectivity index (χ2v) is 7.46. The summed E-state index contributed by atoms with van der Waals surface area (Å²) in [4.78, 5) is 12.7. The number of para-hydroxylation sites is 1. The van der Waals surface area contributed by atoms with E-state index in [1.54, 1.807) is 18.9 Å². The summed E-state index contributed by atoms with van der Waals surface area (Å²) in [5.41, 5.74) is 4.35. The van der Waals surface area contributed by atoms with Crippen molar-refractivity contribution >= 4 is 5.91 Å². The van der Waals surface area contributed by atoms with E-state index in [1.165, 1.54) is 0 Å². The molecule has 0 unspecified atom stereocenters. The SMILES string of the molecule is COc1ccc(CCNC(=O)Cc2nnn(-c3ccccc3)c2-c2ccccc2)cc1OC. The number of methoxy groups -OCH3 is 2. The van der Waals surface area contributed by atoms with Crippen LogP contribution in [-0.2, 0) is 17.6 Å². The molecule has 4 rings (SSSR count). The van der Waals surface area contributed by atoms with Crippen molar-refractivity contribution in [2.45, 2.75) is 12.8 Å². The van der Waals surface area contributed by atoms with Crippen molar-refractivity contribution in [3.05, 3.63) is 90.1 Å². The monoisotopic (exact) mass is 442 g/mol. The van der Waals surface area contributed by atoms with Gasteiger partial charge in [0.05, 0.1) is 32.0 Å². The van der Waals surface area contributed by atoms with Gasteiger partial charge in [-0.15, -0.1) is 5.10 Å². The number of rotatable bonds is 9. The Hall–Kier alpha value is -4.13. The lowest BCUT2D eigenvalue weighted by Gasteiger charge is -2.10. The summed E-state index contributed by atoms with van der Waals surface area (Å²) in [6.07, 6.45) is 0.817. The second kappa shape index (κ2) is 10.5. The fourth-order valence-corrected chi connectivity index (χ4v) is 3.66. The van der Waals surface area contributed by atoms with Crippen LogP contribution < -0.4 is 14.8 Å². The summed E-state index contributed by atoms with van der Waals surface area (Å²) < 4.78 is 12.4. The minimum Gasteiger partial charge on any atom is -0.493 e. The van der Waals surface area contributed by atoms with Gasteiger partial charge in [0.25, 0.3) is 0 Å². The van der Waals surface area contributed by atoms with Gasteiger partial charge in [0.2, 0.25) is 5.91 Å². The van der Waals surface area contributed by atoms with E-state index in [2.05, 4.69) is 15.6 Å². The fraction of sp³-hybridized carbons (Fsp3) is 0.192. The van der Waals surface area contributed by atoms with Crippen molar-refractivity contribution < 1.29 is 14.3 Å². The number of amides is 1. The van der Waals surface area contributed by atoms with Crippen LogP contribution in [0.25, 0.3) is 16.9 Å². The molecule has 1 amide bonds. The second-order valence-electron chi connectivity index (χ2n) is 7.46. The molecule has 0 spiro atoms. The van der Waals surface area contributed by atoms with E-state index in [0.717, 1.165) is 22.5 Å². The van der Waals surface area contributed by atoms with Crippen LogP contribution in [0.4, 0.5) is 0 Å². The predicted molar refractivity (Wildman–Crippen MR) is 127 cm³/mol. The van der Waals surface area contributed by atoms with E-state index in [4.69, 9.17) is 9.47 Å². The van der Waals surface area contributed by atoms with E-state index in [1.807, 2.05) is 78.9 Å². The number of hydrogen-bond donors (Lipinski definition) is 1. The highest BCUT2D eigenvalue weighted by Gasteiger charge is 2.18. The number of nitrogens with one attached hydrogen (secondary N) is 1. The van der Waals surface area contributed by atoms with Crippen molar-refractivity contribution in [1.29, 1.82) is 0 Å². The van der Waals surface area contributed by atoms with Crippen LogP contribution in [0.5, 0.6) is 11.5 Å². The third-order valence-electron chi connectivity index (χ3n) is 5.30. The number of benzene rings is 3. The maximum Gasteiger partial charge on any atom is 0.226 e. The minimum atomic E-state index is -0.104. The molecular weight excluding hydrogens is 416 g/mol. The van der Waals surface area contributed by atoms with E-state index in [0.29, 0.717) is 30.2 Å². The molecule has 3 aromatic carbocycles. The molecule has 1 N–H and O–H groups in total. The van der Waals surface area contributed by atoms with Gasteiger partial charge < -0.3 is 14.8 Å². The number of nitrogens with zero attached hydrogens (tertiary/aromatic N) is 3. The maximum atomic E-state index is 12.7. The molecule has 0 saturated heterocycles. The Bertz CT molecular complexity index is 1210. The van der Waals surface area contributed by atoms with Gasteiger partial charge in [-0.1, -0.05) is 59.8 Å². The van der Waals surface area contributed by atoms with Gasteiger partial charge in [0.15, 0.2) is 11.5 Å². The van der Waals surface area contributed by atoms with Crippen molar-refractivity contribution in [3.8, 4) is 28.4 Å². The zero-order chi connectivity index (χ0) is 23.0. The van der Waals surface area contributed by atoms with Gasteiger partial charge in [-0.25, -0.2) is 4.68 Å². The molecule has 0 fully saturated rings. The van der Waals surface area contributed by atoms with Gasteiger partial charge in [0.1, 0.15) is 5.69 Å². The smallest absolute Gasteiger partial charge is 0.226 e. The summed E-state index contributed by atoms with van der Waals surface area (Å²) in [6, 6.07) is 25.4. The molecule has 7 nitrogen and oxygen atoms in total. The summed E-state index contributed by atoms with van der Waals surface area (Å²) in [7, 11) is 3.21. The first kappa shape index (κ1) is 22.1. The third-order valence-corrected chi connectivity index (χ3v) is 5.30. The van der Waals surface area contributed by atoms with Crippen LogP contribution in [0.3, 0.4) is 0 Å². The molecule has 1 aromatic heterocycles. The Morgan fingerprint density at radius 3 is 2.30 bits per heavy atom. The summed E-state index contributed by atoms with van der Waals surface area (Å²) in [6.45, 7) is 0.502. The average molecular weight is 443 g/mol. The molecule has 0 radical (unpaired) electrons. The molecule has 0 aliphatic heterocycles. The van der Waals surface area contributed by atoms with Gasteiger partial charge in [0, 0.05) is 12.1 Å². The molecule has 33 heavy (non-hydrogen) atoms. The first-order valence-corrected chi connectivity index (χ1v) is 10.7. The standard InChI is InChI=1S/C26H26N4O3/c1-32-23-14-13-19(17-24(23)33-2)15-16-27-25(31)18-22-26(20-9-5-3-6-10-20)30(29-28-22)21-11-7-4-8-12-21/h3-14,17H,15-16,18H2,1-2H3,(H,27,31). The van der Waals surface area contributed by atoms with Crippen LogP contribution in [-0.4, -0.2) is 41.7 Å². The highest BCUT2D eigenvalue weighted by Crippen LogP contribution is 2.28. The van der Waals surface area contributed by atoms with E-state index in [9.17, 15) is 4.79 Å². The Morgan fingerprint density at radius 2 is 1.61 bits per heavy atom. The van der Waals surface area contributed by atoms with Gasteiger partial charge in [-0.3, -0.25) is 4.79 Å². The predicted octanol–water partition coefficient (Wildman–Crippen LogP) is 3.85. The molecule has 0 saturated carbocycles. The zero-order valence-corrected chi connectivity index (χ0v) is 18.7. The lowest BCUT2D eigenvalue weighted by Crippen LogP contribution is -2.27. The van der Waals surface area contributed by atoms with Gasteiger partial charge in [-0.2, -0.15) is 0 Å².